The molecule has 0 N–H and O–H groups in total. The zero-order chi connectivity index (χ0) is 6.69. The maximum Gasteiger partial charge on any atom is 0.135 e. The first-order chi connectivity index (χ1) is 4.29. The van der Waals surface area contributed by atoms with E-state index in [2.05, 4.69) is 0 Å². The molecule has 0 aliphatic carbocycles. The minimum absolute atomic E-state index is 0.288. The van der Waals surface area contributed by atoms with Gasteiger partial charge >= 0.3 is 0 Å². The Morgan fingerprint density at radius 3 is 3.11 bits per heavy atom. The van der Waals surface area contributed by atoms with Gasteiger partial charge in [-0.25, -0.2) is 0 Å². The normalized spacial score (nSPS) is 29.9. The summed E-state index contributed by atoms with van der Waals surface area (Å²) >= 11 is 0. The topological polar surface area (TPSA) is 26.3 Å². The zero-order valence-electron chi connectivity index (χ0n) is 5.72. The Bertz CT molecular complexity index is 109. The van der Waals surface area contributed by atoms with E-state index in [1.54, 1.807) is 0 Å². The van der Waals surface area contributed by atoms with Crippen LogP contribution in [0.25, 0.3) is 0 Å². The molecule has 0 aromatic heterocycles. The lowest BCUT2D eigenvalue weighted by Crippen LogP contribution is -2.04. The summed E-state index contributed by atoms with van der Waals surface area (Å²) in [5.41, 5.74) is 0. The molecule has 1 aliphatic heterocycles. The molecular weight excluding hydrogens is 116 g/mol. The van der Waals surface area contributed by atoms with Gasteiger partial charge in [-0.2, -0.15) is 0 Å². The molecule has 52 valence electrons. The first kappa shape index (κ1) is 6.75. The molecule has 0 bridgehead atoms. The molecule has 9 heavy (non-hydrogen) atoms. The Kier molecular flexibility index (Phi) is 2.22. The van der Waals surface area contributed by atoms with Gasteiger partial charge in [-0.05, 0) is 13.3 Å². The molecule has 2 heteroatoms. The Labute approximate surface area is 55.2 Å². The van der Waals surface area contributed by atoms with Crippen LogP contribution in [0.5, 0.6) is 0 Å². The van der Waals surface area contributed by atoms with Crippen molar-refractivity contribution in [1.29, 1.82) is 0 Å². The van der Waals surface area contributed by atoms with Crippen molar-refractivity contribution in [2.24, 2.45) is 0 Å². The molecule has 1 atom stereocenters. The van der Waals surface area contributed by atoms with Crippen molar-refractivity contribution in [2.75, 3.05) is 6.61 Å². The van der Waals surface area contributed by atoms with Gasteiger partial charge in [-0.15, -0.1) is 0 Å². The van der Waals surface area contributed by atoms with Gasteiger partial charge in [-0.1, -0.05) is 0 Å². The van der Waals surface area contributed by atoms with Crippen molar-refractivity contribution in [3.8, 4) is 0 Å². The first-order valence-electron chi connectivity index (χ1n) is 3.42. The zero-order valence-corrected chi connectivity index (χ0v) is 5.72. The lowest BCUT2D eigenvalue weighted by atomic mass is 10.1. The minimum atomic E-state index is 0.288. The van der Waals surface area contributed by atoms with Gasteiger partial charge in [0.05, 0.1) is 12.7 Å². The highest BCUT2D eigenvalue weighted by atomic mass is 16.5. The second-order valence-corrected chi connectivity index (χ2v) is 2.51. The molecule has 0 aromatic carbocycles. The van der Waals surface area contributed by atoms with E-state index in [1.165, 1.54) is 0 Å². The number of hydrogen-bond acceptors (Lipinski definition) is 2. The SMILES string of the molecule is CC1CCC(=O)CCO1. The van der Waals surface area contributed by atoms with Gasteiger partial charge in [0.25, 0.3) is 0 Å². The van der Waals surface area contributed by atoms with Crippen LogP contribution in [-0.4, -0.2) is 18.5 Å². The summed E-state index contributed by atoms with van der Waals surface area (Å²) in [7, 11) is 0. The highest BCUT2D eigenvalue weighted by Crippen LogP contribution is 2.08. The smallest absolute Gasteiger partial charge is 0.135 e. The summed E-state index contributed by atoms with van der Waals surface area (Å²) in [5, 5.41) is 0. The Balaban J connectivity index is 2.34. The van der Waals surface area contributed by atoms with Crippen LogP contribution in [0.3, 0.4) is 0 Å². The monoisotopic (exact) mass is 128 g/mol. The molecule has 1 fully saturated rings. The lowest BCUT2D eigenvalue weighted by molar-refractivity contribution is -0.119. The van der Waals surface area contributed by atoms with Crippen molar-refractivity contribution < 1.29 is 9.53 Å². The molecule has 0 saturated carbocycles. The standard InChI is InChI=1S/C7H12O2/c1-6-2-3-7(8)4-5-9-6/h6H,2-5H2,1H3. The predicted molar refractivity (Wildman–Crippen MR) is 34.3 cm³/mol. The number of ketones is 1. The van der Waals surface area contributed by atoms with Crippen LogP contribution in [0.4, 0.5) is 0 Å². The van der Waals surface area contributed by atoms with Gasteiger partial charge in [0, 0.05) is 12.8 Å². The van der Waals surface area contributed by atoms with Crippen molar-refractivity contribution in [1.82, 2.24) is 0 Å². The summed E-state index contributed by atoms with van der Waals surface area (Å²) in [6, 6.07) is 0. The third kappa shape index (κ3) is 2.14. The highest BCUT2D eigenvalue weighted by molar-refractivity contribution is 5.78. The average Bonchev–Trinajstić information content (AvgIpc) is 1.97. The molecule has 0 amide bonds. The van der Waals surface area contributed by atoms with Crippen molar-refractivity contribution in [2.45, 2.75) is 32.3 Å². The van der Waals surface area contributed by atoms with Gasteiger partial charge in [-0.3, -0.25) is 4.79 Å². The summed E-state index contributed by atoms with van der Waals surface area (Å²) in [4.78, 5) is 10.7. The fraction of sp³-hybridized carbons (Fsp3) is 0.857. The molecular formula is C7H12O2. The first-order valence-corrected chi connectivity index (χ1v) is 3.42. The van der Waals surface area contributed by atoms with Gasteiger partial charge in [0.2, 0.25) is 0 Å². The van der Waals surface area contributed by atoms with E-state index >= 15 is 0 Å². The summed E-state index contributed by atoms with van der Waals surface area (Å²) in [6.07, 6.45) is 2.51. The molecule has 1 saturated heterocycles. The minimum Gasteiger partial charge on any atom is -0.378 e. The van der Waals surface area contributed by atoms with E-state index in [0.29, 0.717) is 25.2 Å². The van der Waals surface area contributed by atoms with E-state index in [0.717, 1.165) is 6.42 Å². The Morgan fingerprint density at radius 2 is 2.33 bits per heavy atom. The van der Waals surface area contributed by atoms with Crippen LogP contribution in [0.1, 0.15) is 26.2 Å². The molecule has 0 spiro atoms. The number of rotatable bonds is 0. The van der Waals surface area contributed by atoms with E-state index in [1.807, 2.05) is 6.92 Å². The number of carbonyl (C=O) groups excluding carboxylic acids is 1. The van der Waals surface area contributed by atoms with E-state index in [9.17, 15) is 4.79 Å². The number of ether oxygens (including phenoxy) is 1. The number of carbonyl (C=O) groups is 1. The lowest BCUT2D eigenvalue weighted by Gasteiger charge is -2.05. The van der Waals surface area contributed by atoms with Crippen molar-refractivity contribution in [3.63, 3.8) is 0 Å². The Morgan fingerprint density at radius 1 is 1.56 bits per heavy atom. The summed E-state index contributed by atoms with van der Waals surface area (Å²) in [6.45, 7) is 2.64. The number of hydrogen-bond donors (Lipinski definition) is 0. The fourth-order valence-electron chi connectivity index (χ4n) is 0.947. The van der Waals surface area contributed by atoms with Gasteiger partial charge in [0.15, 0.2) is 0 Å². The van der Waals surface area contributed by atoms with Crippen molar-refractivity contribution in [3.05, 3.63) is 0 Å². The Hall–Kier alpha value is -0.370. The number of Topliss-reactive ketones (excluding diaryl/α,β-unsaturated/α-hetero) is 1. The molecule has 0 aromatic rings. The average molecular weight is 128 g/mol. The van der Waals surface area contributed by atoms with E-state index in [-0.39, 0.29) is 6.10 Å². The van der Waals surface area contributed by atoms with Gasteiger partial charge < -0.3 is 4.74 Å². The molecule has 1 heterocycles. The maximum absolute atomic E-state index is 10.7. The summed E-state index contributed by atoms with van der Waals surface area (Å²) in [5.74, 6) is 0.347. The van der Waals surface area contributed by atoms with Crippen LogP contribution in [-0.2, 0) is 9.53 Å². The van der Waals surface area contributed by atoms with Crippen LogP contribution in [0.15, 0.2) is 0 Å². The second kappa shape index (κ2) is 2.97. The third-order valence-electron chi connectivity index (χ3n) is 1.61. The highest BCUT2D eigenvalue weighted by Gasteiger charge is 2.11. The maximum atomic E-state index is 10.7. The summed E-state index contributed by atoms with van der Waals surface area (Å²) < 4.78 is 5.25. The quantitative estimate of drug-likeness (QED) is 0.489. The van der Waals surface area contributed by atoms with Crippen LogP contribution in [0.2, 0.25) is 0 Å². The predicted octanol–water partition coefficient (Wildman–Crippen LogP) is 1.14. The van der Waals surface area contributed by atoms with Crippen molar-refractivity contribution >= 4 is 5.78 Å². The molecule has 1 unspecified atom stereocenters. The van der Waals surface area contributed by atoms with Gasteiger partial charge in [0.1, 0.15) is 5.78 Å². The molecule has 1 aliphatic rings. The van der Waals surface area contributed by atoms with Crippen LogP contribution < -0.4 is 0 Å². The fourth-order valence-corrected chi connectivity index (χ4v) is 0.947. The largest absolute Gasteiger partial charge is 0.378 e. The second-order valence-electron chi connectivity index (χ2n) is 2.51. The molecule has 0 radical (unpaired) electrons. The van der Waals surface area contributed by atoms with E-state index in [4.69, 9.17) is 4.74 Å². The van der Waals surface area contributed by atoms with Crippen LogP contribution in [0, 0.1) is 0 Å². The third-order valence-corrected chi connectivity index (χ3v) is 1.61. The molecule has 2 nitrogen and oxygen atoms in total. The van der Waals surface area contributed by atoms with Crippen LogP contribution >= 0.6 is 0 Å². The molecule has 1 rings (SSSR count). The van der Waals surface area contributed by atoms with E-state index < -0.39 is 0 Å².